The van der Waals surface area contributed by atoms with Crippen LogP contribution in [0.4, 0.5) is 17.1 Å². The van der Waals surface area contributed by atoms with E-state index in [2.05, 4.69) is 246 Å². The van der Waals surface area contributed by atoms with Crippen LogP contribution in [0.25, 0.3) is 99.2 Å². The molecule has 0 N–H and O–H groups in total. The molecular weight excluding hydrogens is 865 g/mol. The highest BCUT2D eigenvalue weighted by Gasteiger charge is 2.56. The standard InChI is InChI=1S/C67H42N2O2/c1-2-18-41(19-3-1)42-20-16-21-43(38-42)68(44-36-37-48-47-24-6-12-30-55(47)67(56(48)39-44)53-28-10-4-22-45(53)46-23-5-11-29-54(46)67)59-33-17-35-61-63(59)52-40-62-64(51-27-9-15-34-60(51)70-62)65(66(52)71-61)69-57-31-13-7-25-49(57)50-26-8-14-32-58(50)69/h1-29,31-40,55H,30H2. The van der Waals surface area contributed by atoms with E-state index in [0.717, 1.165) is 89.6 Å². The van der Waals surface area contributed by atoms with Crippen molar-refractivity contribution in [1.29, 1.82) is 0 Å². The maximum atomic E-state index is 7.38. The van der Waals surface area contributed by atoms with Crippen molar-refractivity contribution in [3.63, 3.8) is 0 Å². The molecule has 1 atom stereocenters. The third kappa shape index (κ3) is 5.18. The maximum Gasteiger partial charge on any atom is 0.160 e. The molecule has 0 aliphatic heterocycles. The molecule has 0 radical (unpaired) electrons. The molecule has 71 heavy (non-hydrogen) atoms. The lowest BCUT2D eigenvalue weighted by atomic mass is 9.65. The van der Waals surface area contributed by atoms with Crippen LogP contribution in [-0.2, 0) is 5.41 Å². The van der Waals surface area contributed by atoms with Gasteiger partial charge in [-0.2, -0.15) is 0 Å². The third-order valence-corrected chi connectivity index (χ3v) is 16.0. The largest absolute Gasteiger partial charge is 0.456 e. The first-order chi connectivity index (χ1) is 35.2. The van der Waals surface area contributed by atoms with E-state index in [1.807, 2.05) is 0 Å². The lowest BCUT2D eigenvalue weighted by Gasteiger charge is -2.36. The van der Waals surface area contributed by atoms with E-state index in [4.69, 9.17) is 8.83 Å². The van der Waals surface area contributed by atoms with Crippen molar-refractivity contribution in [3.05, 3.63) is 259 Å². The molecule has 3 aliphatic rings. The molecule has 3 heterocycles. The summed E-state index contributed by atoms with van der Waals surface area (Å²) in [5, 5.41) is 6.46. The Balaban J connectivity index is 1.02. The van der Waals surface area contributed by atoms with Gasteiger partial charge in [-0.25, -0.2) is 0 Å². The predicted octanol–water partition coefficient (Wildman–Crippen LogP) is 18.0. The van der Waals surface area contributed by atoms with Crippen molar-refractivity contribution in [2.75, 3.05) is 4.90 Å². The number of anilines is 3. The summed E-state index contributed by atoms with van der Waals surface area (Å²) in [4.78, 5) is 2.47. The molecular formula is C67H42N2O2. The van der Waals surface area contributed by atoms with Crippen molar-refractivity contribution in [1.82, 2.24) is 4.57 Å². The second-order valence-corrected chi connectivity index (χ2v) is 19.4. The average Bonchev–Trinajstić information content (AvgIpc) is 4.24. The molecule has 16 rings (SSSR count). The molecule has 13 aromatic rings. The number of nitrogens with zero attached hydrogens (tertiary/aromatic N) is 2. The van der Waals surface area contributed by atoms with Gasteiger partial charge in [0.2, 0.25) is 0 Å². The molecule has 0 fully saturated rings. The Hall–Kier alpha value is -9.12. The number of rotatable bonds is 5. The molecule has 0 bridgehead atoms. The molecule has 1 unspecified atom stereocenters. The topological polar surface area (TPSA) is 34.5 Å². The Morgan fingerprint density at radius 2 is 1.10 bits per heavy atom. The lowest BCUT2D eigenvalue weighted by molar-refractivity contribution is 0.495. The van der Waals surface area contributed by atoms with E-state index in [-0.39, 0.29) is 11.3 Å². The maximum absolute atomic E-state index is 7.38. The number of fused-ring (bicyclic) bond motifs is 19. The zero-order valence-electron chi connectivity index (χ0n) is 38.5. The van der Waals surface area contributed by atoms with Crippen LogP contribution >= 0.6 is 0 Å². The number of allylic oxidation sites excluding steroid dienone is 4. The minimum absolute atomic E-state index is 0.254. The van der Waals surface area contributed by atoms with Gasteiger partial charge in [0.15, 0.2) is 5.58 Å². The molecule has 0 saturated heterocycles. The Morgan fingerprint density at radius 3 is 1.89 bits per heavy atom. The third-order valence-electron chi connectivity index (χ3n) is 16.0. The van der Waals surface area contributed by atoms with Gasteiger partial charge in [-0.1, -0.05) is 176 Å². The fraction of sp³-hybridized carbons (Fsp3) is 0.0448. The van der Waals surface area contributed by atoms with Gasteiger partial charge in [-0.15, -0.1) is 0 Å². The van der Waals surface area contributed by atoms with E-state index < -0.39 is 0 Å². The van der Waals surface area contributed by atoms with Crippen LogP contribution in [-0.4, -0.2) is 4.57 Å². The minimum atomic E-state index is -0.370. The molecule has 3 aromatic heterocycles. The monoisotopic (exact) mass is 906 g/mol. The average molecular weight is 907 g/mol. The van der Waals surface area contributed by atoms with Crippen molar-refractivity contribution >= 4 is 88.3 Å². The van der Waals surface area contributed by atoms with Gasteiger partial charge >= 0.3 is 0 Å². The predicted molar refractivity (Wildman–Crippen MR) is 292 cm³/mol. The van der Waals surface area contributed by atoms with Crippen LogP contribution in [0.15, 0.2) is 245 Å². The van der Waals surface area contributed by atoms with Crippen molar-refractivity contribution in [3.8, 4) is 27.9 Å². The van der Waals surface area contributed by atoms with Crippen LogP contribution in [0.3, 0.4) is 0 Å². The van der Waals surface area contributed by atoms with Crippen LogP contribution in [0.5, 0.6) is 0 Å². The summed E-state index contributed by atoms with van der Waals surface area (Å²) < 4.78 is 16.7. The normalized spacial score (nSPS) is 15.3. The molecule has 0 amide bonds. The second-order valence-electron chi connectivity index (χ2n) is 19.4. The quantitative estimate of drug-likeness (QED) is 0.173. The van der Waals surface area contributed by atoms with Gasteiger partial charge in [-0.05, 0) is 117 Å². The van der Waals surface area contributed by atoms with Gasteiger partial charge in [-0.3, -0.25) is 0 Å². The van der Waals surface area contributed by atoms with E-state index in [9.17, 15) is 0 Å². The summed E-state index contributed by atoms with van der Waals surface area (Å²) in [6.45, 7) is 0. The summed E-state index contributed by atoms with van der Waals surface area (Å²) in [5.74, 6) is 0.254. The molecule has 1 spiro atoms. The Labute approximate surface area is 409 Å². The van der Waals surface area contributed by atoms with Gasteiger partial charge in [0.05, 0.1) is 32.9 Å². The molecule has 3 aliphatic carbocycles. The van der Waals surface area contributed by atoms with Crippen molar-refractivity contribution < 1.29 is 8.83 Å². The number of para-hydroxylation sites is 3. The minimum Gasteiger partial charge on any atom is -0.456 e. The first-order valence-corrected chi connectivity index (χ1v) is 24.7. The first-order valence-electron chi connectivity index (χ1n) is 24.7. The molecule has 4 heteroatoms. The summed E-state index contributed by atoms with van der Waals surface area (Å²) in [6.07, 6.45) is 7.96. The highest BCUT2D eigenvalue weighted by Crippen LogP contribution is 2.66. The molecule has 10 aromatic carbocycles. The lowest BCUT2D eigenvalue weighted by Crippen LogP contribution is -2.32. The smallest absolute Gasteiger partial charge is 0.160 e. The second kappa shape index (κ2) is 14.5. The van der Waals surface area contributed by atoms with Gasteiger partial charge in [0.1, 0.15) is 22.4 Å². The number of furan rings is 2. The molecule has 0 saturated carbocycles. The van der Waals surface area contributed by atoms with E-state index in [1.54, 1.807) is 0 Å². The number of benzene rings is 10. The highest BCUT2D eigenvalue weighted by molar-refractivity contribution is 6.25. The SMILES string of the molecule is C1=CCC2C(=C1)c1ccc(N(c3cccc(-c4ccccc4)c3)c3cccc4oc5c(-n6c7ccccc7c7ccccc76)c6c(cc5c34)oc3ccccc36)cc1C21c2ccccc2-c2ccccc21. The summed E-state index contributed by atoms with van der Waals surface area (Å²) in [6, 6.07) is 79.8. The highest BCUT2D eigenvalue weighted by atomic mass is 16.3. The Bertz CT molecular complexity index is 4370. The fourth-order valence-corrected chi connectivity index (χ4v) is 13.3. The number of aromatic nitrogens is 1. The van der Waals surface area contributed by atoms with Crippen molar-refractivity contribution in [2.24, 2.45) is 5.92 Å². The summed E-state index contributed by atoms with van der Waals surface area (Å²) in [5.41, 5.74) is 21.1. The first kappa shape index (κ1) is 38.8. The number of hydrogen-bond acceptors (Lipinski definition) is 3. The van der Waals surface area contributed by atoms with Crippen LogP contribution in [0.2, 0.25) is 0 Å². The van der Waals surface area contributed by atoms with Crippen LogP contribution < -0.4 is 4.90 Å². The van der Waals surface area contributed by atoms with E-state index in [1.165, 1.54) is 55.3 Å². The Kier molecular flexibility index (Phi) is 7.90. The van der Waals surface area contributed by atoms with Gasteiger partial charge < -0.3 is 18.3 Å². The summed E-state index contributed by atoms with van der Waals surface area (Å²) >= 11 is 0. The van der Waals surface area contributed by atoms with E-state index >= 15 is 0 Å². The van der Waals surface area contributed by atoms with Gasteiger partial charge in [0, 0.05) is 38.8 Å². The number of hydrogen-bond donors (Lipinski definition) is 0. The van der Waals surface area contributed by atoms with Crippen molar-refractivity contribution in [2.45, 2.75) is 11.8 Å². The van der Waals surface area contributed by atoms with Crippen LogP contribution in [0.1, 0.15) is 28.7 Å². The zero-order valence-corrected chi connectivity index (χ0v) is 38.5. The summed E-state index contributed by atoms with van der Waals surface area (Å²) in [7, 11) is 0. The Morgan fingerprint density at radius 1 is 0.451 bits per heavy atom. The van der Waals surface area contributed by atoms with Crippen LogP contribution in [0, 0.1) is 5.92 Å². The zero-order chi connectivity index (χ0) is 46.4. The van der Waals surface area contributed by atoms with E-state index in [0.29, 0.717) is 0 Å². The molecule has 4 nitrogen and oxygen atoms in total. The fourth-order valence-electron chi connectivity index (χ4n) is 13.3. The van der Waals surface area contributed by atoms with Gasteiger partial charge in [0.25, 0.3) is 0 Å². The molecule has 332 valence electrons.